The Balaban J connectivity index is 1.15. The Bertz CT molecular complexity index is 1450. The summed E-state index contributed by atoms with van der Waals surface area (Å²) in [6.07, 6.45) is 5.28. The van der Waals surface area contributed by atoms with E-state index in [2.05, 4.69) is 64.6 Å². The van der Waals surface area contributed by atoms with Gasteiger partial charge >= 0.3 is 0 Å². The van der Waals surface area contributed by atoms with Gasteiger partial charge in [0, 0.05) is 22.5 Å². The minimum absolute atomic E-state index is 0.571. The fourth-order valence-electron chi connectivity index (χ4n) is 3.99. The molecule has 7 nitrogen and oxygen atoms in total. The SMILES string of the molecule is C=N/C(=N\c1sc(C)cc1CNCCCc1ccc(-c2cccc3nonc23)cc1)c1ccoc1. The number of aliphatic imine (C=N–C) groups is 2. The van der Waals surface area contributed by atoms with E-state index in [0.717, 1.165) is 64.2 Å². The Morgan fingerprint density at radius 3 is 2.80 bits per heavy atom. The molecule has 0 aliphatic heterocycles. The van der Waals surface area contributed by atoms with Crippen LogP contribution in [-0.4, -0.2) is 29.4 Å². The van der Waals surface area contributed by atoms with Crippen LogP contribution in [0.2, 0.25) is 0 Å². The quantitative estimate of drug-likeness (QED) is 0.150. The summed E-state index contributed by atoms with van der Waals surface area (Å²) in [5, 5.41) is 12.5. The number of thiophene rings is 1. The Kier molecular flexibility index (Phi) is 6.92. The van der Waals surface area contributed by atoms with E-state index >= 15 is 0 Å². The summed E-state index contributed by atoms with van der Waals surface area (Å²) in [7, 11) is 0. The predicted octanol–water partition coefficient (Wildman–Crippen LogP) is 6.35. The van der Waals surface area contributed by atoms with Gasteiger partial charge in [-0.2, -0.15) is 0 Å². The summed E-state index contributed by atoms with van der Waals surface area (Å²) in [6, 6.07) is 18.6. The van der Waals surface area contributed by atoms with Crippen molar-refractivity contribution in [3.05, 3.63) is 88.7 Å². The summed E-state index contributed by atoms with van der Waals surface area (Å²) < 4.78 is 10.0. The molecule has 35 heavy (non-hydrogen) atoms. The van der Waals surface area contributed by atoms with Crippen molar-refractivity contribution >= 4 is 39.9 Å². The van der Waals surface area contributed by atoms with Crippen LogP contribution in [0.1, 0.15) is 28.0 Å². The first-order chi connectivity index (χ1) is 17.2. The lowest BCUT2D eigenvalue weighted by Crippen LogP contribution is -2.15. The van der Waals surface area contributed by atoms with Crippen molar-refractivity contribution in [3.8, 4) is 11.1 Å². The smallest absolute Gasteiger partial charge is 0.163 e. The highest BCUT2D eigenvalue weighted by Gasteiger charge is 2.10. The van der Waals surface area contributed by atoms with Gasteiger partial charge < -0.3 is 9.73 Å². The normalized spacial score (nSPS) is 11.9. The molecular formula is C27H25N5O2S. The maximum absolute atomic E-state index is 5.15. The summed E-state index contributed by atoms with van der Waals surface area (Å²) in [5.41, 5.74) is 6.99. The molecule has 0 unspecified atom stereocenters. The number of hydrogen-bond acceptors (Lipinski definition) is 7. The van der Waals surface area contributed by atoms with Crippen molar-refractivity contribution in [2.75, 3.05) is 6.54 Å². The van der Waals surface area contributed by atoms with Gasteiger partial charge in [-0.25, -0.2) is 14.6 Å². The van der Waals surface area contributed by atoms with Gasteiger partial charge in [-0.3, -0.25) is 0 Å². The van der Waals surface area contributed by atoms with Crippen molar-refractivity contribution in [3.63, 3.8) is 0 Å². The molecule has 0 fully saturated rings. The van der Waals surface area contributed by atoms with Gasteiger partial charge in [0.1, 0.15) is 22.3 Å². The fraction of sp³-hybridized carbons (Fsp3) is 0.185. The van der Waals surface area contributed by atoms with E-state index < -0.39 is 0 Å². The van der Waals surface area contributed by atoms with E-state index in [9.17, 15) is 0 Å². The van der Waals surface area contributed by atoms with Crippen molar-refractivity contribution in [1.82, 2.24) is 15.6 Å². The second kappa shape index (κ2) is 10.6. The molecule has 1 N–H and O–H groups in total. The van der Waals surface area contributed by atoms with Crippen molar-refractivity contribution in [1.29, 1.82) is 0 Å². The van der Waals surface area contributed by atoms with Gasteiger partial charge in [0.25, 0.3) is 0 Å². The molecule has 0 saturated carbocycles. The van der Waals surface area contributed by atoms with Crippen molar-refractivity contribution < 1.29 is 9.05 Å². The van der Waals surface area contributed by atoms with Crippen LogP contribution < -0.4 is 5.32 Å². The summed E-state index contributed by atoms with van der Waals surface area (Å²) in [5.74, 6) is 0.571. The standard InChI is InChI=1S/C27H25N5O2S/c1-18-15-22(27(35-18)30-26(28-2)21-12-14-33-17-21)16-29-13-4-5-19-8-10-20(11-9-19)23-6-3-7-24-25(23)32-34-31-24/h3,6-12,14-15,17,29H,2,4-5,13,16H2,1H3/b30-26-. The van der Waals surface area contributed by atoms with Crippen molar-refractivity contribution in [2.24, 2.45) is 9.98 Å². The van der Waals surface area contributed by atoms with E-state index in [-0.39, 0.29) is 0 Å². The molecule has 5 aromatic rings. The second-order valence-electron chi connectivity index (χ2n) is 8.21. The number of benzene rings is 2. The number of aryl methyl sites for hydroxylation is 2. The topological polar surface area (TPSA) is 88.8 Å². The zero-order valence-corrected chi connectivity index (χ0v) is 20.2. The van der Waals surface area contributed by atoms with E-state index in [1.807, 2.05) is 24.3 Å². The third-order valence-corrected chi connectivity index (χ3v) is 6.72. The number of nitrogens with zero attached hydrogens (tertiary/aromatic N) is 4. The molecule has 0 aliphatic carbocycles. The highest BCUT2D eigenvalue weighted by atomic mass is 32.1. The van der Waals surface area contributed by atoms with Crippen LogP contribution >= 0.6 is 11.3 Å². The Labute approximate surface area is 207 Å². The van der Waals surface area contributed by atoms with Crippen LogP contribution in [0.25, 0.3) is 22.2 Å². The molecule has 3 aromatic heterocycles. The molecule has 2 aromatic carbocycles. The number of hydrogen-bond donors (Lipinski definition) is 1. The summed E-state index contributed by atoms with van der Waals surface area (Å²) >= 11 is 1.66. The zero-order valence-electron chi connectivity index (χ0n) is 19.4. The van der Waals surface area contributed by atoms with Crippen LogP contribution in [0.4, 0.5) is 5.00 Å². The lowest BCUT2D eigenvalue weighted by atomic mass is 10.0. The van der Waals surface area contributed by atoms with Gasteiger partial charge in [0.2, 0.25) is 0 Å². The minimum atomic E-state index is 0.571. The molecule has 0 bridgehead atoms. The lowest BCUT2D eigenvalue weighted by molar-refractivity contribution is 0.315. The fourth-order valence-corrected chi connectivity index (χ4v) is 4.89. The van der Waals surface area contributed by atoms with Gasteiger partial charge in [-0.05, 0) is 72.7 Å². The third-order valence-electron chi connectivity index (χ3n) is 5.73. The maximum Gasteiger partial charge on any atom is 0.163 e. The van der Waals surface area contributed by atoms with Crippen LogP contribution in [0.15, 0.2) is 86.2 Å². The molecule has 0 spiro atoms. The molecule has 3 heterocycles. The molecule has 5 rings (SSSR count). The predicted molar refractivity (Wildman–Crippen MR) is 141 cm³/mol. The highest BCUT2D eigenvalue weighted by molar-refractivity contribution is 7.16. The zero-order chi connectivity index (χ0) is 24.0. The number of aromatic nitrogens is 2. The molecule has 8 heteroatoms. The van der Waals surface area contributed by atoms with Crippen LogP contribution in [0.3, 0.4) is 0 Å². The van der Waals surface area contributed by atoms with E-state index in [1.165, 1.54) is 10.4 Å². The monoisotopic (exact) mass is 483 g/mol. The van der Waals surface area contributed by atoms with Gasteiger partial charge in [-0.1, -0.05) is 36.4 Å². The molecule has 176 valence electrons. The first kappa shape index (κ1) is 22.9. The number of nitrogens with one attached hydrogen (secondary N) is 1. The number of fused-ring (bicyclic) bond motifs is 1. The third kappa shape index (κ3) is 5.29. The first-order valence-corrected chi connectivity index (χ1v) is 12.2. The largest absolute Gasteiger partial charge is 0.472 e. The number of rotatable bonds is 9. The maximum atomic E-state index is 5.15. The lowest BCUT2D eigenvalue weighted by Gasteiger charge is -2.07. The molecular weight excluding hydrogens is 458 g/mol. The van der Waals surface area contributed by atoms with E-state index in [4.69, 9.17) is 14.0 Å². The van der Waals surface area contributed by atoms with E-state index in [1.54, 1.807) is 23.9 Å². The number of furan rings is 1. The summed E-state index contributed by atoms with van der Waals surface area (Å²) in [6.45, 7) is 7.42. The first-order valence-electron chi connectivity index (χ1n) is 11.4. The average Bonchev–Trinajstić information content (AvgIpc) is 3.64. The Morgan fingerprint density at radius 2 is 2.00 bits per heavy atom. The van der Waals surface area contributed by atoms with Crippen LogP contribution in [0.5, 0.6) is 0 Å². The van der Waals surface area contributed by atoms with Gasteiger partial charge in [-0.15, -0.1) is 11.3 Å². The van der Waals surface area contributed by atoms with Crippen LogP contribution in [0, 0.1) is 6.92 Å². The minimum Gasteiger partial charge on any atom is -0.472 e. The van der Waals surface area contributed by atoms with Gasteiger partial charge in [0.15, 0.2) is 5.84 Å². The molecule has 0 atom stereocenters. The molecule has 0 saturated heterocycles. The summed E-state index contributed by atoms with van der Waals surface area (Å²) in [4.78, 5) is 10.0. The van der Waals surface area contributed by atoms with E-state index in [0.29, 0.717) is 5.84 Å². The Hall–Kier alpha value is -3.88. The molecule has 0 radical (unpaired) electrons. The highest BCUT2D eigenvalue weighted by Crippen LogP contribution is 2.31. The number of amidine groups is 1. The van der Waals surface area contributed by atoms with Crippen LogP contribution in [-0.2, 0) is 13.0 Å². The molecule has 0 aliphatic rings. The Morgan fingerprint density at radius 1 is 1.11 bits per heavy atom. The van der Waals surface area contributed by atoms with Crippen molar-refractivity contribution in [2.45, 2.75) is 26.3 Å². The second-order valence-corrected chi connectivity index (χ2v) is 9.44. The van der Waals surface area contributed by atoms with Gasteiger partial charge in [0.05, 0.1) is 11.8 Å². The average molecular weight is 484 g/mol. The molecule has 0 amide bonds.